The summed E-state index contributed by atoms with van der Waals surface area (Å²) in [6.07, 6.45) is 12.4. The van der Waals surface area contributed by atoms with Gasteiger partial charge >= 0.3 is 5.97 Å². The minimum absolute atomic E-state index is 0.271. The van der Waals surface area contributed by atoms with E-state index in [1.807, 2.05) is 12.1 Å². The zero-order valence-corrected chi connectivity index (χ0v) is 16.3. The summed E-state index contributed by atoms with van der Waals surface area (Å²) in [5.41, 5.74) is 1.47. The normalized spacial score (nSPS) is 20.2. The molecule has 1 saturated carbocycles. The molecule has 0 radical (unpaired) electrons. The number of esters is 1. The second kappa shape index (κ2) is 9.21. The number of hydrogen-bond donors (Lipinski definition) is 0. The molecule has 1 fully saturated rings. The minimum atomic E-state index is -0.271. The highest BCUT2D eigenvalue weighted by Gasteiger charge is 2.22. The van der Waals surface area contributed by atoms with Crippen LogP contribution >= 0.6 is 0 Å². The van der Waals surface area contributed by atoms with Crippen molar-refractivity contribution >= 4 is 16.7 Å². The van der Waals surface area contributed by atoms with Crippen molar-refractivity contribution in [3.05, 3.63) is 42.0 Å². The number of hydrogen-bond acceptors (Lipinski definition) is 2. The second-order valence-corrected chi connectivity index (χ2v) is 7.93. The largest absolute Gasteiger partial charge is 0.427 e. The Morgan fingerprint density at radius 2 is 1.69 bits per heavy atom. The van der Waals surface area contributed by atoms with Gasteiger partial charge in [-0.05, 0) is 66.0 Å². The zero-order chi connectivity index (χ0) is 18.4. The van der Waals surface area contributed by atoms with Crippen LogP contribution in [0.15, 0.2) is 36.4 Å². The smallest absolute Gasteiger partial charge is 0.308 e. The molecule has 0 heterocycles. The summed E-state index contributed by atoms with van der Waals surface area (Å²) in [5.74, 6) is 2.02. The van der Waals surface area contributed by atoms with Gasteiger partial charge in [0.2, 0.25) is 0 Å². The third kappa shape index (κ3) is 5.09. The van der Waals surface area contributed by atoms with Crippen molar-refractivity contribution in [3.63, 3.8) is 0 Å². The molecule has 2 aromatic rings. The molecular weight excluding hydrogens is 320 g/mol. The summed E-state index contributed by atoms with van der Waals surface area (Å²) < 4.78 is 5.19. The van der Waals surface area contributed by atoms with Gasteiger partial charge in [0.1, 0.15) is 5.75 Å². The molecule has 2 nitrogen and oxygen atoms in total. The molecule has 0 unspecified atom stereocenters. The summed E-state index contributed by atoms with van der Waals surface area (Å²) in [6, 6.07) is 12.7. The van der Waals surface area contributed by atoms with E-state index in [0.717, 1.165) is 11.3 Å². The van der Waals surface area contributed by atoms with Crippen LogP contribution in [-0.2, 0) is 4.79 Å². The molecule has 2 heteroatoms. The third-order valence-electron chi connectivity index (χ3n) is 5.88. The van der Waals surface area contributed by atoms with Crippen LogP contribution in [0.1, 0.15) is 83.1 Å². The Hall–Kier alpha value is -1.83. The molecule has 1 aliphatic carbocycles. The number of carbonyl (C=O) groups is 1. The molecule has 0 saturated heterocycles. The fraction of sp³-hybridized carbons (Fsp3) is 0.542. The molecule has 0 amide bonds. The predicted molar refractivity (Wildman–Crippen MR) is 109 cm³/mol. The average Bonchev–Trinajstić information content (AvgIpc) is 2.65. The van der Waals surface area contributed by atoms with Crippen molar-refractivity contribution in [3.8, 4) is 5.75 Å². The van der Waals surface area contributed by atoms with E-state index in [0.29, 0.717) is 11.7 Å². The lowest BCUT2D eigenvalue weighted by atomic mass is 9.77. The number of rotatable bonds is 7. The molecular formula is C24H32O2. The third-order valence-corrected chi connectivity index (χ3v) is 5.88. The van der Waals surface area contributed by atoms with E-state index < -0.39 is 0 Å². The van der Waals surface area contributed by atoms with Gasteiger partial charge < -0.3 is 4.74 Å². The Kier molecular flexibility index (Phi) is 6.71. The highest BCUT2D eigenvalue weighted by atomic mass is 16.5. The summed E-state index contributed by atoms with van der Waals surface area (Å²) in [4.78, 5) is 11.1. The van der Waals surface area contributed by atoms with Crippen LogP contribution in [0.25, 0.3) is 10.8 Å². The Morgan fingerprint density at radius 3 is 2.42 bits per heavy atom. The molecule has 0 bridgehead atoms. The topological polar surface area (TPSA) is 26.3 Å². The molecule has 140 valence electrons. The monoisotopic (exact) mass is 352 g/mol. The lowest BCUT2D eigenvalue weighted by Crippen LogP contribution is -2.13. The van der Waals surface area contributed by atoms with Crippen molar-refractivity contribution in [2.24, 2.45) is 5.92 Å². The molecule has 1 aliphatic rings. The number of ether oxygens (including phenoxy) is 1. The summed E-state index contributed by atoms with van der Waals surface area (Å²) >= 11 is 0. The van der Waals surface area contributed by atoms with Crippen LogP contribution in [0.5, 0.6) is 5.75 Å². The maximum atomic E-state index is 11.1. The Bertz CT molecular complexity index is 726. The van der Waals surface area contributed by atoms with Crippen molar-refractivity contribution in [2.45, 2.75) is 77.6 Å². The van der Waals surface area contributed by atoms with Crippen LogP contribution < -0.4 is 4.74 Å². The first-order valence-electron chi connectivity index (χ1n) is 10.4. The van der Waals surface area contributed by atoms with Crippen LogP contribution in [0.2, 0.25) is 0 Å². The van der Waals surface area contributed by atoms with E-state index >= 15 is 0 Å². The Morgan fingerprint density at radius 1 is 0.962 bits per heavy atom. The minimum Gasteiger partial charge on any atom is -0.427 e. The Labute approximate surface area is 157 Å². The second-order valence-electron chi connectivity index (χ2n) is 7.93. The number of unbranched alkanes of at least 4 members (excludes halogenated alkanes) is 3. The first kappa shape index (κ1) is 18.9. The zero-order valence-electron chi connectivity index (χ0n) is 16.3. The predicted octanol–water partition coefficient (Wildman–Crippen LogP) is 7.01. The lowest BCUT2D eigenvalue weighted by molar-refractivity contribution is -0.131. The van der Waals surface area contributed by atoms with E-state index in [9.17, 15) is 4.79 Å². The molecule has 0 aromatic heterocycles. The maximum absolute atomic E-state index is 11.1. The van der Waals surface area contributed by atoms with Crippen LogP contribution in [-0.4, -0.2) is 5.97 Å². The van der Waals surface area contributed by atoms with E-state index in [-0.39, 0.29) is 5.97 Å². The van der Waals surface area contributed by atoms with Crippen LogP contribution in [0.4, 0.5) is 0 Å². The van der Waals surface area contributed by atoms with Crippen molar-refractivity contribution in [1.82, 2.24) is 0 Å². The molecule has 0 atom stereocenters. The van der Waals surface area contributed by atoms with Crippen molar-refractivity contribution < 1.29 is 9.53 Å². The standard InChI is InChI=1S/C24H32O2/c1-3-4-5-6-7-19-8-10-20(11-9-19)21-12-13-23-17-24(26-18(2)25)15-14-22(23)16-21/h12-17,19-20H,3-11H2,1-2H3. The van der Waals surface area contributed by atoms with E-state index in [1.54, 1.807) is 0 Å². The van der Waals surface area contributed by atoms with Gasteiger partial charge in [-0.2, -0.15) is 0 Å². The number of carbonyl (C=O) groups excluding carboxylic acids is 1. The van der Waals surface area contributed by atoms with E-state index in [4.69, 9.17) is 4.74 Å². The Balaban J connectivity index is 1.58. The first-order chi connectivity index (χ1) is 12.7. The fourth-order valence-corrected chi connectivity index (χ4v) is 4.37. The SMILES string of the molecule is CCCCCCC1CCC(c2ccc3cc(OC(C)=O)ccc3c2)CC1. The van der Waals surface area contributed by atoms with Gasteiger partial charge in [0.05, 0.1) is 0 Å². The van der Waals surface area contributed by atoms with E-state index in [1.165, 1.54) is 75.7 Å². The van der Waals surface area contributed by atoms with Gasteiger partial charge in [-0.3, -0.25) is 4.79 Å². The molecule has 0 spiro atoms. The van der Waals surface area contributed by atoms with Gasteiger partial charge in [-0.25, -0.2) is 0 Å². The van der Waals surface area contributed by atoms with Crippen molar-refractivity contribution in [2.75, 3.05) is 0 Å². The summed E-state index contributed by atoms with van der Waals surface area (Å²) in [5, 5.41) is 2.37. The van der Waals surface area contributed by atoms with Gasteiger partial charge in [0.15, 0.2) is 0 Å². The maximum Gasteiger partial charge on any atom is 0.308 e. The molecule has 0 N–H and O–H groups in total. The number of fused-ring (bicyclic) bond motifs is 1. The summed E-state index contributed by atoms with van der Waals surface area (Å²) in [6.45, 7) is 3.72. The highest BCUT2D eigenvalue weighted by molar-refractivity contribution is 5.85. The van der Waals surface area contributed by atoms with Gasteiger partial charge in [0, 0.05) is 6.92 Å². The fourth-order valence-electron chi connectivity index (χ4n) is 4.37. The van der Waals surface area contributed by atoms with Crippen LogP contribution in [0.3, 0.4) is 0 Å². The van der Waals surface area contributed by atoms with E-state index in [2.05, 4.69) is 31.2 Å². The lowest BCUT2D eigenvalue weighted by Gasteiger charge is -2.29. The molecule has 0 aliphatic heterocycles. The quantitative estimate of drug-likeness (QED) is 0.304. The molecule has 3 rings (SSSR count). The van der Waals surface area contributed by atoms with Crippen molar-refractivity contribution in [1.29, 1.82) is 0 Å². The molecule has 2 aromatic carbocycles. The number of benzene rings is 2. The van der Waals surface area contributed by atoms with Gasteiger partial charge in [0.25, 0.3) is 0 Å². The summed E-state index contributed by atoms with van der Waals surface area (Å²) in [7, 11) is 0. The first-order valence-corrected chi connectivity index (χ1v) is 10.4. The average molecular weight is 353 g/mol. The van der Waals surface area contributed by atoms with Crippen LogP contribution in [0, 0.1) is 5.92 Å². The van der Waals surface area contributed by atoms with Gasteiger partial charge in [-0.15, -0.1) is 0 Å². The highest BCUT2D eigenvalue weighted by Crippen LogP contribution is 2.38. The molecule has 26 heavy (non-hydrogen) atoms. The van der Waals surface area contributed by atoms with Gasteiger partial charge in [-0.1, -0.05) is 63.3 Å².